The summed E-state index contributed by atoms with van der Waals surface area (Å²) in [5.41, 5.74) is 3.47. The maximum absolute atomic E-state index is 6.40. The molecule has 0 bridgehead atoms. The highest BCUT2D eigenvalue weighted by Gasteiger charge is 2.13. The third-order valence-corrected chi connectivity index (χ3v) is 3.71. The van der Waals surface area contributed by atoms with Crippen molar-refractivity contribution in [3.8, 4) is 11.3 Å². The van der Waals surface area contributed by atoms with Gasteiger partial charge in [0, 0.05) is 29.7 Å². The molecule has 4 nitrogen and oxygen atoms in total. The second-order valence-electron chi connectivity index (χ2n) is 4.68. The van der Waals surface area contributed by atoms with Gasteiger partial charge in [0.15, 0.2) is 0 Å². The second kappa shape index (κ2) is 6.30. The van der Waals surface area contributed by atoms with E-state index < -0.39 is 0 Å². The van der Waals surface area contributed by atoms with Crippen LogP contribution in [0.4, 0.5) is 11.6 Å². The highest BCUT2D eigenvalue weighted by atomic mass is 35.5. The number of aryl methyl sites for hydroxylation is 1. The van der Waals surface area contributed by atoms with Crippen molar-refractivity contribution in [2.24, 2.45) is 0 Å². The molecule has 0 atom stereocenters. The smallest absolute Gasteiger partial charge is 0.245 e. The van der Waals surface area contributed by atoms with Crippen LogP contribution in [0.1, 0.15) is 5.56 Å². The van der Waals surface area contributed by atoms with E-state index >= 15 is 0 Å². The van der Waals surface area contributed by atoms with Crippen molar-refractivity contribution >= 4 is 35.0 Å². The van der Waals surface area contributed by atoms with Crippen LogP contribution in [0.2, 0.25) is 5.15 Å². The van der Waals surface area contributed by atoms with Gasteiger partial charge in [-0.3, -0.25) is 0 Å². The van der Waals surface area contributed by atoms with Gasteiger partial charge in [0.05, 0.1) is 11.4 Å². The van der Waals surface area contributed by atoms with Crippen LogP contribution in [0.25, 0.3) is 11.3 Å². The zero-order chi connectivity index (χ0) is 15.5. The summed E-state index contributed by atoms with van der Waals surface area (Å²) in [7, 11) is 0. The average Bonchev–Trinajstić information content (AvgIpc) is 2.55. The normalized spacial score (nSPS) is 10.5. The first-order chi connectivity index (χ1) is 10.6. The molecule has 1 aromatic carbocycles. The second-order valence-corrected chi connectivity index (χ2v) is 5.40. The third-order valence-electron chi connectivity index (χ3n) is 3.17. The summed E-state index contributed by atoms with van der Waals surface area (Å²) in [6.45, 7) is 1.98. The monoisotopic (exact) mass is 330 g/mol. The number of halogens is 2. The summed E-state index contributed by atoms with van der Waals surface area (Å²) in [5.74, 6) is 0.404. The predicted octanol–water partition coefficient (Wildman–Crippen LogP) is 4.79. The van der Waals surface area contributed by atoms with Crippen LogP contribution in [0.15, 0.2) is 54.9 Å². The van der Waals surface area contributed by atoms with E-state index in [4.69, 9.17) is 23.4 Å². The van der Waals surface area contributed by atoms with Crippen LogP contribution in [0.5, 0.6) is 0 Å². The summed E-state index contributed by atoms with van der Waals surface area (Å²) in [6, 6.07) is 13.2. The summed E-state index contributed by atoms with van der Waals surface area (Å²) in [4.78, 5) is 12.7. The van der Waals surface area contributed by atoms with E-state index in [1.54, 1.807) is 24.5 Å². The lowest BCUT2D eigenvalue weighted by atomic mass is 10.2. The highest BCUT2D eigenvalue weighted by molar-refractivity contribution is 6.29. The standard InChI is InChI=1S/C16H12Cl2N4/c1-11-4-2-3-5-14(11)22(18)16-20-9-7-13(21-16)12-6-8-19-15(17)10-12/h2-10H,1H3. The third kappa shape index (κ3) is 3.03. The van der Waals surface area contributed by atoms with Gasteiger partial charge in [-0.25, -0.2) is 19.4 Å². The van der Waals surface area contributed by atoms with Gasteiger partial charge in [-0.1, -0.05) is 29.8 Å². The van der Waals surface area contributed by atoms with Crippen molar-refractivity contribution in [1.29, 1.82) is 0 Å². The summed E-state index contributed by atoms with van der Waals surface area (Å²) in [5, 5.41) is 0.416. The highest BCUT2D eigenvalue weighted by Crippen LogP contribution is 2.29. The van der Waals surface area contributed by atoms with Gasteiger partial charge in [0.1, 0.15) is 5.15 Å². The lowest BCUT2D eigenvalue weighted by molar-refractivity contribution is 1.12. The van der Waals surface area contributed by atoms with E-state index in [0.29, 0.717) is 11.1 Å². The SMILES string of the molecule is Cc1ccccc1N(Cl)c1nccc(-c2ccnc(Cl)c2)n1. The van der Waals surface area contributed by atoms with E-state index in [-0.39, 0.29) is 0 Å². The van der Waals surface area contributed by atoms with Crippen molar-refractivity contribution < 1.29 is 0 Å². The fourth-order valence-electron chi connectivity index (χ4n) is 2.06. The fraction of sp³-hybridized carbons (Fsp3) is 0.0625. The van der Waals surface area contributed by atoms with Crippen LogP contribution >= 0.6 is 23.4 Å². The van der Waals surface area contributed by atoms with Crippen molar-refractivity contribution in [3.63, 3.8) is 0 Å². The quantitative estimate of drug-likeness (QED) is 0.511. The van der Waals surface area contributed by atoms with Gasteiger partial charge in [0.2, 0.25) is 5.95 Å². The average molecular weight is 331 g/mol. The molecule has 0 saturated carbocycles. The molecule has 0 aliphatic carbocycles. The number of hydrogen-bond acceptors (Lipinski definition) is 4. The first kappa shape index (κ1) is 14.8. The van der Waals surface area contributed by atoms with E-state index in [9.17, 15) is 0 Å². The maximum Gasteiger partial charge on any atom is 0.245 e. The number of pyridine rings is 1. The maximum atomic E-state index is 6.40. The lowest BCUT2D eigenvalue weighted by Gasteiger charge is -2.16. The topological polar surface area (TPSA) is 41.9 Å². The Morgan fingerprint density at radius 3 is 2.55 bits per heavy atom. The minimum atomic E-state index is 0.404. The molecule has 0 unspecified atom stereocenters. The zero-order valence-electron chi connectivity index (χ0n) is 11.7. The van der Waals surface area contributed by atoms with Gasteiger partial charge in [0.25, 0.3) is 0 Å². The number of hydrogen-bond donors (Lipinski definition) is 0. The lowest BCUT2D eigenvalue weighted by Crippen LogP contribution is -2.08. The number of benzene rings is 1. The Morgan fingerprint density at radius 2 is 1.77 bits per heavy atom. The minimum Gasteiger partial charge on any atom is -0.245 e. The Bertz CT molecular complexity index is 807. The van der Waals surface area contributed by atoms with E-state index in [1.807, 2.05) is 37.3 Å². The van der Waals surface area contributed by atoms with E-state index in [1.165, 1.54) is 4.42 Å². The molecule has 0 spiro atoms. The zero-order valence-corrected chi connectivity index (χ0v) is 13.3. The van der Waals surface area contributed by atoms with Gasteiger partial charge in [-0.05, 0) is 36.8 Å². The summed E-state index contributed by atoms with van der Waals surface area (Å²) in [6.07, 6.45) is 3.30. The molecule has 0 fully saturated rings. The van der Waals surface area contributed by atoms with Crippen LogP contribution in [0, 0.1) is 6.92 Å². The number of anilines is 2. The molecule has 110 valence electrons. The Kier molecular flexibility index (Phi) is 4.22. The van der Waals surface area contributed by atoms with E-state index in [0.717, 1.165) is 22.5 Å². The van der Waals surface area contributed by atoms with Crippen molar-refractivity contribution in [2.75, 3.05) is 4.42 Å². The van der Waals surface area contributed by atoms with Crippen molar-refractivity contribution in [2.45, 2.75) is 6.92 Å². The molecule has 3 rings (SSSR count). The van der Waals surface area contributed by atoms with Gasteiger partial charge in [-0.2, -0.15) is 0 Å². The summed E-state index contributed by atoms with van der Waals surface area (Å²) < 4.78 is 1.45. The van der Waals surface area contributed by atoms with Crippen molar-refractivity contribution in [1.82, 2.24) is 15.0 Å². The Hall–Kier alpha value is -2.17. The molecule has 0 saturated heterocycles. The number of aromatic nitrogens is 3. The number of rotatable bonds is 3. The van der Waals surface area contributed by atoms with Gasteiger partial charge < -0.3 is 0 Å². The molecule has 6 heteroatoms. The molecular formula is C16H12Cl2N4. The molecule has 22 heavy (non-hydrogen) atoms. The summed E-state index contributed by atoms with van der Waals surface area (Å²) >= 11 is 12.3. The minimum absolute atomic E-state index is 0.404. The molecule has 2 heterocycles. The molecular weight excluding hydrogens is 319 g/mol. The molecule has 0 aliphatic rings. The Morgan fingerprint density at radius 1 is 1.00 bits per heavy atom. The Labute approximate surface area is 138 Å². The molecule has 0 radical (unpaired) electrons. The van der Waals surface area contributed by atoms with E-state index in [2.05, 4.69) is 15.0 Å². The van der Waals surface area contributed by atoms with Crippen molar-refractivity contribution in [3.05, 3.63) is 65.6 Å². The van der Waals surface area contributed by atoms with Crippen LogP contribution in [0.3, 0.4) is 0 Å². The molecule has 0 aliphatic heterocycles. The van der Waals surface area contributed by atoms with Crippen LogP contribution in [-0.4, -0.2) is 15.0 Å². The molecule has 3 aromatic rings. The molecule has 0 amide bonds. The molecule has 0 N–H and O–H groups in total. The first-order valence-electron chi connectivity index (χ1n) is 6.61. The number of para-hydroxylation sites is 1. The number of nitrogens with zero attached hydrogens (tertiary/aromatic N) is 4. The largest absolute Gasteiger partial charge is 0.245 e. The van der Waals surface area contributed by atoms with Gasteiger partial charge in [-0.15, -0.1) is 0 Å². The predicted molar refractivity (Wildman–Crippen MR) is 89.4 cm³/mol. The first-order valence-corrected chi connectivity index (χ1v) is 7.33. The van der Waals surface area contributed by atoms with Crippen LogP contribution in [-0.2, 0) is 0 Å². The molecule has 2 aromatic heterocycles. The van der Waals surface area contributed by atoms with Gasteiger partial charge >= 0.3 is 0 Å². The van der Waals surface area contributed by atoms with Crippen LogP contribution < -0.4 is 4.42 Å². The fourth-order valence-corrected chi connectivity index (χ4v) is 2.50. The Balaban J connectivity index is 1.99.